The zero-order chi connectivity index (χ0) is 15.4. The number of rotatable bonds is 4. The molecule has 0 amide bonds. The van der Waals surface area contributed by atoms with Crippen LogP contribution in [-0.2, 0) is 6.61 Å². The molecule has 0 bridgehead atoms. The van der Waals surface area contributed by atoms with Gasteiger partial charge in [-0.1, -0.05) is 23.2 Å². The Balaban J connectivity index is 1.62. The van der Waals surface area contributed by atoms with Crippen LogP contribution >= 0.6 is 23.2 Å². The molecule has 3 rings (SSSR count). The first-order chi connectivity index (χ1) is 10.7. The smallest absolute Gasteiger partial charge is 0.119 e. The molecule has 22 heavy (non-hydrogen) atoms. The Morgan fingerprint density at radius 3 is 2.45 bits per heavy atom. The number of halogens is 2. The molecule has 0 atom stereocenters. The van der Waals surface area contributed by atoms with Crippen molar-refractivity contribution in [2.75, 3.05) is 31.1 Å². The minimum Gasteiger partial charge on any atom is -0.489 e. The summed E-state index contributed by atoms with van der Waals surface area (Å²) in [6.07, 6.45) is 0. The average Bonchev–Trinajstić information content (AvgIpc) is 2.57. The third-order valence-electron chi connectivity index (χ3n) is 3.72. The van der Waals surface area contributed by atoms with Crippen LogP contribution in [0.15, 0.2) is 42.5 Å². The number of nitrogens with one attached hydrogen (secondary N) is 1. The number of nitrogens with zero attached hydrogens (tertiary/aromatic N) is 1. The SMILES string of the molecule is Clc1ccc(Cl)c(COc2ccc(N3CCNCC3)cc2)c1. The van der Waals surface area contributed by atoms with Crippen molar-refractivity contribution >= 4 is 28.9 Å². The molecular formula is C17H18Cl2N2O. The second-order valence-electron chi connectivity index (χ2n) is 5.26. The molecule has 2 aromatic carbocycles. The highest BCUT2D eigenvalue weighted by Gasteiger charge is 2.10. The van der Waals surface area contributed by atoms with Gasteiger partial charge >= 0.3 is 0 Å². The van der Waals surface area contributed by atoms with Crippen LogP contribution in [0.4, 0.5) is 5.69 Å². The third-order valence-corrected chi connectivity index (χ3v) is 4.32. The predicted octanol–water partition coefficient (Wildman–Crippen LogP) is 3.98. The number of piperazine rings is 1. The summed E-state index contributed by atoms with van der Waals surface area (Å²) in [4.78, 5) is 2.37. The largest absolute Gasteiger partial charge is 0.489 e. The fraction of sp³-hybridized carbons (Fsp3) is 0.294. The molecule has 1 saturated heterocycles. The molecule has 0 aromatic heterocycles. The molecule has 1 aliphatic rings. The first kappa shape index (κ1) is 15.5. The van der Waals surface area contributed by atoms with E-state index >= 15 is 0 Å². The zero-order valence-corrected chi connectivity index (χ0v) is 13.7. The highest BCUT2D eigenvalue weighted by atomic mass is 35.5. The van der Waals surface area contributed by atoms with Crippen molar-refractivity contribution in [2.24, 2.45) is 0 Å². The van der Waals surface area contributed by atoms with Gasteiger partial charge in [0.05, 0.1) is 0 Å². The molecule has 0 unspecified atom stereocenters. The highest BCUT2D eigenvalue weighted by molar-refractivity contribution is 6.33. The molecule has 1 heterocycles. The lowest BCUT2D eigenvalue weighted by atomic mass is 10.2. The summed E-state index contributed by atoms with van der Waals surface area (Å²) in [5.41, 5.74) is 2.12. The Labute approximate surface area is 140 Å². The number of benzene rings is 2. The molecule has 0 saturated carbocycles. The summed E-state index contributed by atoms with van der Waals surface area (Å²) in [5.74, 6) is 0.829. The van der Waals surface area contributed by atoms with Crippen molar-refractivity contribution in [3.05, 3.63) is 58.1 Å². The van der Waals surface area contributed by atoms with Gasteiger partial charge in [-0.2, -0.15) is 0 Å². The maximum atomic E-state index is 6.14. The van der Waals surface area contributed by atoms with E-state index in [9.17, 15) is 0 Å². The second kappa shape index (κ2) is 7.23. The monoisotopic (exact) mass is 336 g/mol. The standard InChI is InChI=1S/C17H18Cl2N2O/c18-14-1-6-17(19)13(11-14)12-22-16-4-2-15(3-5-16)21-9-7-20-8-10-21/h1-6,11,20H,7-10,12H2. The van der Waals surface area contributed by atoms with E-state index in [0.29, 0.717) is 16.7 Å². The first-order valence-corrected chi connectivity index (χ1v) is 8.10. The number of hydrogen-bond donors (Lipinski definition) is 1. The van der Waals surface area contributed by atoms with Gasteiger partial charge < -0.3 is 15.0 Å². The van der Waals surface area contributed by atoms with E-state index in [0.717, 1.165) is 37.5 Å². The lowest BCUT2D eigenvalue weighted by Crippen LogP contribution is -2.43. The van der Waals surface area contributed by atoms with Crippen molar-refractivity contribution < 1.29 is 4.74 Å². The minimum absolute atomic E-state index is 0.409. The van der Waals surface area contributed by atoms with Crippen LogP contribution in [0.25, 0.3) is 0 Å². The average molecular weight is 337 g/mol. The Morgan fingerprint density at radius 1 is 1.00 bits per heavy atom. The predicted molar refractivity (Wildman–Crippen MR) is 92.3 cm³/mol. The van der Waals surface area contributed by atoms with Gasteiger partial charge in [-0.05, 0) is 42.5 Å². The summed E-state index contributed by atoms with van der Waals surface area (Å²) in [6, 6.07) is 13.6. The van der Waals surface area contributed by atoms with Crippen LogP contribution in [0.5, 0.6) is 5.75 Å². The Bertz CT molecular complexity index is 625. The van der Waals surface area contributed by atoms with Gasteiger partial charge in [0, 0.05) is 47.5 Å². The van der Waals surface area contributed by atoms with E-state index in [2.05, 4.69) is 22.3 Å². The quantitative estimate of drug-likeness (QED) is 0.913. The van der Waals surface area contributed by atoms with E-state index in [1.54, 1.807) is 12.1 Å². The molecule has 1 N–H and O–H groups in total. The highest BCUT2D eigenvalue weighted by Crippen LogP contribution is 2.24. The normalized spacial score (nSPS) is 14.9. The maximum Gasteiger partial charge on any atom is 0.119 e. The second-order valence-corrected chi connectivity index (χ2v) is 6.10. The third kappa shape index (κ3) is 3.86. The van der Waals surface area contributed by atoms with Gasteiger partial charge in [0.15, 0.2) is 0 Å². The van der Waals surface area contributed by atoms with Crippen molar-refractivity contribution in [1.82, 2.24) is 5.32 Å². The molecule has 0 spiro atoms. The zero-order valence-electron chi connectivity index (χ0n) is 12.2. The molecule has 5 heteroatoms. The van der Waals surface area contributed by atoms with Gasteiger partial charge in [-0.3, -0.25) is 0 Å². The van der Waals surface area contributed by atoms with Crippen molar-refractivity contribution in [2.45, 2.75) is 6.61 Å². The molecule has 0 radical (unpaired) electrons. The van der Waals surface area contributed by atoms with Gasteiger partial charge in [0.25, 0.3) is 0 Å². The molecule has 3 nitrogen and oxygen atoms in total. The Morgan fingerprint density at radius 2 is 1.73 bits per heavy atom. The van der Waals surface area contributed by atoms with Gasteiger partial charge in [0.1, 0.15) is 12.4 Å². The first-order valence-electron chi connectivity index (χ1n) is 7.35. The lowest BCUT2D eigenvalue weighted by molar-refractivity contribution is 0.306. The van der Waals surface area contributed by atoms with Gasteiger partial charge in [0.2, 0.25) is 0 Å². The molecule has 1 fully saturated rings. The van der Waals surface area contributed by atoms with Crippen LogP contribution in [-0.4, -0.2) is 26.2 Å². The van der Waals surface area contributed by atoms with Crippen LogP contribution in [0.3, 0.4) is 0 Å². The van der Waals surface area contributed by atoms with E-state index in [-0.39, 0.29) is 0 Å². The summed E-state index contributed by atoms with van der Waals surface area (Å²) >= 11 is 12.1. The topological polar surface area (TPSA) is 24.5 Å². The Hall–Kier alpha value is -1.42. The molecule has 116 valence electrons. The van der Waals surface area contributed by atoms with Crippen LogP contribution in [0.1, 0.15) is 5.56 Å². The Kier molecular flexibility index (Phi) is 5.08. The van der Waals surface area contributed by atoms with Crippen molar-refractivity contribution in [1.29, 1.82) is 0 Å². The summed E-state index contributed by atoms with van der Waals surface area (Å²) in [5, 5.41) is 4.69. The van der Waals surface area contributed by atoms with Gasteiger partial charge in [-0.25, -0.2) is 0 Å². The van der Waals surface area contributed by atoms with E-state index in [1.165, 1.54) is 5.69 Å². The summed E-state index contributed by atoms with van der Waals surface area (Å²) < 4.78 is 5.80. The maximum absolute atomic E-state index is 6.14. The fourth-order valence-electron chi connectivity index (χ4n) is 2.49. The van der Waals surface area contributed by atoms with Crippen LogP contribution in [0, 0.1) is 0 Å². The molecule has 1 aliphatic heterocycles. The van der Waals surface area contributed by atoms with E-state index < -0.39 is 0 Å². The van der Waals surface area contributed by atoms with Crippen LogP contribution in [0.2, 0.25) is 10.0 Å². The van der Waals surface area contributed by atoms with Crippen molar-refractivity contribution in [3.8, 4) is 5.75 Å². The fourth-order valence-corrected chi connectivity index (χ4v) is 2.86. The number of anilines is 1. The lowest BCUT2D eigenvalue weighted by Gasteiger charge is -2.29. The minimum atomic E-state index is 0.409. The van der Waals surface area contributed by atoms with Crippen molar-refractivity contribution in [3.63, 3.8) is 0 Å². The van der Waals surface area contributed by atoms with E-state index in [1.807, 2.05) is 18.2 Å². The molecule has 2 aromatic rings. The number of ether oxygens (including phenoxy) is 1. The van der Waals surface area contributed by atoms with Crippen LogP contribution < -0.4 is 15.0 Å². The molecular weight excluding hydrogens is 319 g/mol. The van der Waals surface area contributed by atoms with E-state index in [4.69, 9.17) is 27.9 Å². The summed E-state index contributed by atoms with van der Waals surface area (Å²) in [6.45, 7) is 4.56. The molecule has 0 aliphatic carbocycles. The summed E-state index contributed by atoms with van der Waals surface area (Å²) in [7, 11) is 0. The van der Waals surface area contributed by atoms with Gasteiger partial charge in [-0.15, -0.1) is 0 Å². The number of hydrogen-bond acceptors (Lipinski definition) is 3.